The predicted molar refractivity (Wildman–Crippen MR) is 204 cm³/mol. The molecule has 0 bridgehead atoms. The molecule has 1 heteroatoms. The molecule has 0 saturated carbocycles. The Kier molecular flexibility index (Phi) is 7.63. The second-order valence-electron chi connectivity index (χ2n) is 11.8. The monoisotopic (exact) mass is 599 g/mol. The molecule has 47 heavy (non-hydrogen) atoms. The Morgan fingerprint density at radius 2 is 0.723 bits per heavy atom. The zero-order chi connectivity index (χ0) is 31.4. The van der Waals surface area contributed by atoms with E-state index in [0.29, 0.717) is 0 Å². The molecule has 0 unspecified atom stereocenters. The number of hydrogen-bond donors (Lipinski definition) is 0. The highest BCUT2D eigenvalue weighted by Crippen LogP contribution is 2.43. The van der Waals surface area contributed by atoms with Crippen LogP contribution in [0.3, 0.4) is 0 Å². The smallest absolute Gasteiger partial charge is 0.0546 e. The number of anilines is 3. The van der Waals surface area contributed by atoms with E-state index in [4.69, 9.17) is 0 Å². The van der Waals surface area contributed by atoms with Crippen molar-refractivity contribution in [1.82, 2.24) is 0 Å². The van der Waals surface area contributed by atoms with Crippen LogP contribution < -0.4 is 4.90 Å². The van der Waals surface area contributed by atoms with E-state index in [9.17, 15) is 0 Å². The fourth-order valence-corrected chi connectivity index (χ4v) is 6.44. The minimum absolute atomic E-state index is 1.11. The number of hydrogen-bond acceptors (Lipinski definition) is 1. The van der Waals surface area contributed by atoms with Crippen LogP contribution in [0.2, 0.25) is 0 Å². The first kappa shape index (κ1) is 28.3. The summed E-state index contributed by atoms with van der Waals surface area (Å²) >= 11 is 0. The van der Waals surface area contributed by atoms with Gasteiger partial charge in [0, 0.05) is 16.8 Å². The second kappa shape index (κ2) is 12.7. The normalized spacial score (nSPS) is 11.7. The summed E-state index contributed by atoms with van der Waals surface area (Å²) in [5.41, 5.74) is 8.08. The molecule has 8 rings (SSSR count). The quantitative estimate of drug-likeness (QED) is 0.130. The largest absolute Gasteiger partial charge is 0.310 e. The molecule has 1 nitrogen and oxygen atoms in total. The van der Waals surface area contributed by atoms with Gasteiger partial charge in [0.1, 0.15) is 0 Å². The van der Waals surface area contributed by atoms with Crippen LogP contribution in [-0.2, 0) is 0 Å². The summed E-state index contributed by atoms with van der Waals surface area (Å²) in [4.78, 5) is 2.40. The van der Waals surface area contributed by atoms with Gasteiger partial charge in [-0.05, 0) is 79.5 Å². The first-order chi connectivity index (χ1) is 23.3. The molecule has 0 N–H and O–H groups in total. The van der Waals surface area contributed by atoms with Gasteiger partial charge >= 0.3 is 0 Å². The van der Waals surface area contributed by atoms with E-state index in [2.05, 4.69) is 193 Å². The second-order valence-corrected chi connectivity index (χ2v) is 11.8. The Labute approximate surface area is 276 Å². The third kappa shape index (κ3) is 5.83. The van der Waals surface area contributed by atoms with E-state index in [1.165, 1.54) is 43.4 Å². The lowest BCUT2D eigenvalue weighted by atomic mass is 9.95. The van der Waals surface area contributed by atoms with Crippen molar-refractivity contribution in [3.05, 3.63) is 198 Å². The first-order valence-corrected chi connectivity index (χ1v) is 16.1. The van der Waals surface area contributed by atoms with Crippen molar-refractivity contribution in [2.75, 3.05) is 4.90 Å². The Morgan fingerprint density at radius 3 is 1.28 bits per heavy atom. The maximum atomic E-state index is 2.40. The highest BCUT2D eigenvalue weighted by atomic mass is 15.1. The van der Waals surface area contributed by atoms with Gasteiger partial charge in [0.25, 0.3) is 0 Å². The Bertz CT molecular complexity index is 2270. The summed E-state index contributed by atoms with van der Waals surface area (Å²) in [6.07, 6.45) is 8.68. The van der Waals surface area contributed by atoms with Gasteiger partial charge in [0.05, 0.1) is 5.69 Å². The standard InChI is InChI=1S/C46H33N/c1-3-11-34(12-4-1)19-21-36-23-28-39(29-24-36)47(40-30-25-37(26-31-40)22-20-35-13-5-2-6-14-35)46-33-45-41-16-8-7-15-38(41)27-32-43(45)42-17-9-10-18-44(42)46/h1-33H/b21-19+,22-20+. The molecule has 0 aromatic heterocycles. The topological polar surface area (TPSA) is 3.24 Å². The highest BCUT2D eigenvalue weighted by molar-refractivity contribution is 6.21. The molecular weight excluding hydrogens is 567 g/mol. The first-order valence-electron chi connectivity index (χ1n) is 16.1. The summed E-state index contributed by atoms with van der Waals surface area (Å²) in [6, 6.07) is 63.0. The molecule has 0 radical (unpaired) electrons. The highest BCUT2D eigenvalue weighted by Gasteiger charge is 2.18. The molecule has 0 aliphatic rings. The number of nitrogens with zero attached hydrogens (tertiary/aromatic N) is 1. The summed E-state index contributed by atoms with van der Waals surface area (Å²) in [5.74, 6) is 0. The molecule has 0 saturated heterocycles. The van der Waals surface area contributed by atoms with Crippen LogP contribution in [-0.4, -0.2) is 0 Å². The summed E-state index contributed by atoms with van der Waals surface area (Å²) in [5, 5.41) is 7.51. The van der Waals surface area contributed by atoms with Crippen molar-refractivity contribution in [1.29, 1.82) is 0 Å². The molecule has 0 amide bonds. The van der Waals surface area contributed by atoms with Crippen LogP contribution in [0.4, 0.5) is 17.1 Å². The zero-order valence-corrected chi connectivity index (χ0v) is 26.0. The Morgan fingerprint density at radius 1 is 0.298 bits per heavy atom. The van der Waals surface area contributed by atoms with Gasteiger partial charge in [-0.25, -0.2) is 0 Å². The van der Waals surface area contributed by atoms with Gasteiger partial charge in [0.15, 0.2) is 0 Å². The van der Waals surface area contributed by atoms with Crippen molar-refractivity contribution in [2.24, 2.45) is 0 Å². The van der Waals surface area contributed by atoms with E-state index in [-0.39, 0.29) is 0 Å². The molecule has 222 valence electrons. The van der Waals surface area contributed by atoms with Crippen molar-refractivity contribution in [3.8, 4) is 0 Å². The Hall–Kier alpha value is -6.18. The van der Waals surface area contributed by atoms with Crippen LogP contribution in [0.15, 0.2) is 176 Å². The summed E-state index contributed by atoms with van der Waals surface area (Å²) in [6.45, 7) is 0. The van der Waals surface area contributed by atoms with Crippen molar-refractivity contribution in [2.45, 2.75) is 0 Å². The minimum atomic E-state index is 1.11. The number of rotatable bonds is 7. The van der Waals surface area contributed by atoms with Gasteiger partial charge < -0.3 is 4.90 Å². The number of fused-ring (bicyclic) bond motifs is 5. The fraction of sp³-hybridized carbons (Fsp3) is 0. The average molecular weight is 600 g/mol. The fourth-order valence-electron chi connectivity index (χ4n) is 6.44. The van der Waals surface area contributed by atoms with E-state index in [1.54, 1.807) is 0 Å². The average Bonchev–Trinajstić information content (AvgIpc) is 3.15. The van der Waals surface area contributed by atoms with Crippen molar-refractivity contribution in [3.63, 3.8) is 0 Å². The van der Waals surface area contributed by atoms with Gasteiger partial charge in [-0.15, -0.1) is 0 Å². The minimum Gasteiger partial charge on any atom is -0.310 e. The lowest BCUT2D eigenvalue weighted by molar-refractivity contribution is 1.30. The van der Waals surface area contributed by atoms with Crippen molar-refractivity contribution >= 4 is 73.7 Å². The molecule has 8 aromatic carbocycles. The molecule has 0 atom stereocenters. The van der Waals surface area contributed by atoms with Gasteiger partial charge in [-0.1, -0.05) is 170 Å². The summed E-state index contributed by atoms with van der Waals surface area (Å²) < 4.78 is 0. The summed E-state index contributed by atoms with van der Waals surface area (Å²) in [7, 11) is 0. The van der Waals surface area contributed by atoms with Gasteiger partial charge in [0.2, 0.25) is 0 Å². The van der Waals surface area contributed by atoms with E-state index in [1.807, 2.05) is 12.1 Å². The van der Waals surface area contributed by atoms with Crippen LogP contribution >= 0.6 is 0 Å². The van der Waals surface area contributed by atoms with Crippen LogP contribution in [0.1, 0.15) is 22.3 Å². The van der Waals surface area contributed by atoms with Gasteiger partial charge in [-0.3, -0.25) is 0 Å². The predicted octanol–water partition coefficient (Wildman–Crippen LogP) is 13.0. The third-order valence-corrected chi connectivity index (χ3v) is 8.82. The third-order valence-electron chi connectivity index (χ3n) is 8.82. The van der Waals surface area contributed by atoms with Crippen molar-refractivity contribution < 1.29 is 0 Å². The molecule has 0 aliphatic carbocycles. The molecule has 8 aromatic rings. The lowest BCUT2D eigenvalue weighted by Gasteiger charge is -2.28. The zero-order valence-electron chi connectivity index (χ0n) is 26.0. The molecule has 0 heterocycles. The molecule has 0 spiro atoms. The van der Waals surface area contributed by atoms with Crippen LogP contribution in [0.25, 0.3) is 56.6 Å². The Balaban J connectivity index is 1.27. The SMILES string of the molecule is C(=C\c1ccc(N(c2ccc(/C=C/c3ccccc3)cc2)c2cc3c4ccccc4ccc3c3ccccc23)cc1)/c1ccccc1. The number of benzene rings is 8. The molecule has 0 fully saturated rings. The van der Waals surface area contributed by atoms with Crippen LogP contribution in [0.5, 0.6) is 0 Å². The molecular formula is C46H33N. The van der Waals surface area contributed by atoms with Crippen LogP contribution in [0, 0.1) is 0 Å². The van der Waals surface area contributed by atoms with Gasteiger partial charge in [-0.2, -0.15) is 0 Å². The van der Waals surface area contributed by atoms with E-state index < -0.39 is 0 Å². The van der Waals surface area contributed by atoms with E-state index in [0.717, 1.165) is 28.2 Å². The van der Waals surface area contributed by atoms with E-state index >= 15 is 0 Å². The molecule has 0 aliphatic heterocycles. The lowest BCUT2D eigenvalue weighted by Crippen LogP contribution is -2.10. The maximum Gasteiger partial charge on any atom is 0.0546 e. The maximum absolute atomic E-state index is 2.40.